The summed E-state index contributed by atoms with van der Waals surface area (Å²) in [6.45, 7) is 0.671. The van der Waals surface area contributed by atoms with Gasteiger partial charge in [0.25, 0.3) is 0 Å². The fourth-order valence-corrected chi connectivity index (χ4v) is 3.81. The Bertz CT molecular complexity index is 979. The van der Waals surface area contributed by atoms with Crippen LogP contribution in [0.2, 0.25) is 0 Å². The molecular formula is C21H17BrN2O2. The zero-order valence-electron chi connectivity index (χ0n) is 14.0. The predicted octanol–water partition coefficient (Wildman–Crippen LogP) is 4.61. The quantitative estimate of drug-likeness (QED) is 0.640. The Morgan fingerprint density at radius 1 is 0.962 bits per heavy atom. The van der Waals surface area contributed by atoms with Crippen molar-refractivity contribution in [2.45, 2.75) is 18.9 Å². The van der Waals surface area contributed by atoms with Gasteiger partial charge >= 0.3 is 0 Å². The van der Waals surface area contributed by atoms with Crippen LogP contribution in [0.25, 0.3) is 0 Å². The Morgan fingerprint density at radius 3 is 2.46 bits per heavy atom. The number of nitrogens with one attached hydrogen (secondary N) is 1. The number of anilines is 1. The highest BCUT2D eigenvalue weighted by atomic mass is 79.9. The molecule has 2 aromatic carbocycles. The van der Waals surface area contributed by atoms with Crippen molar-refractivity contribution in [2.24, 2.45) is 0 Å². The highest BCUT2D eigenvalue weighted by Gasteiger charge is 2.32. The second-order valence-electron chi connectivity index (χ2n) is 6.30. The van der Waals surface area contributed by atoms with Crippen LogP contribution in [-0.4, -0.2) is 16.3 Å². The van der Waals surface area contributed by atoms with Crippen LogP contribution in [0, 0.1) is 0 Å². The minimum atomic E-state index is -0.251. The summed E-state index contributed by atoms with van der Waals surface area (Å²) in [5.41, 5.74) is 2.95. The van der Waals surface area contributed by atoms with Crippen LogP contribution < -0.4 is 5.32 Å². The summed E-state index contributed by atoms with van der Waals surface area (Å²) >= 11 is 3.45. The highest BCUT2D eigenvalue weighted by molar-refractivity contribution is 9.10. The number of carbonyl (C=O) groups excluding carboxylic acids is 2. The summed E-state index contributed by atoms with van der Waals surface area (Å²) in [5, 5.41) is 2.98. The van der Waals surface area contributed by atoms with Crippen molar-refractivity contribution >= 4 is 33.3 Å². The van der Waals surface area contributed by atoms with Crippen molar-refractivity contribution in [1.82, 2.24) is 4.57 Å². The van der Waals surface area contributed by atoms with Gasteiger partial charge in [0.15, 0.2) is 0 Å². The summed E-state index contributed by atoms with van der Waals surface area (Å²) in [4.78, 5) is 25.5. The molecule has 1 atom stereocenters. The normalized spacial score (nSPS) is 15.5. The smallest absolute Gasteiger partial charge is 0.233 e. The lowest BCUT2D eigenvalue weighted by Crippen LogP contribution is -2.19. The van der Waals surface area contributed by atoms with Crippen molar-refractivity contribution < 1.29 is 9.59 Å². The van der Waals surface area contributed by atoms with Gasteiger partial charge in [-0.05, 0) is 46.6 Å². The number of ketones is 1. The van der Waals surface area contributed by atoms with E-state index < -0.39 is 0 Å². The maximum absolute atomic E-state index is 12.8. The number of hydrogen-bond acceptors (Lipinski definition) is 2. The highest BCUT2D eigenvalue weighted by Crippen LogP contribution is 2.33. The third kappa shape index (κ3) is 2.99. The molecule has 1 aliphatic rings. The van der Waals surface area contributed by atoms with E-state index in [-0.39, 0.29) is 17.6 Å². The first-order chi connectivity index (χ1) is 12.6. The molecule has 0 saturated carbocycles. The van der Waals surface area contributed by atoms with Gasteiger partial charge in [-0.2, -0.15) is 0 Å². The van der Waals surface area contributed by atoms with Gasteiger partial charge in [-0.25, -0.2) is 0 Å². The number of para-hydroxylation sites is 1. The Morgan fingerprint density at radius 2 is 1.69 bits per heavy atom. The first-order valence-corrected chi connectivity index (χ1v) is 9.29. The van der Waals surface area contributed by atoms with Crippen LogP contribution in [0.5, 0.6) is 0 Å². The summed E-state index contributed by atoms with van der Waals surface area (Å²) in [6.07, 6.45) is 0.696. The van der Waals surface area contributed by atoms with Crippen molar-refractivity contribution in [3.63, 3.8) is 0 Å². The summed E-state index contributed by atoms with van der Waals surface area (Å²) in [5.74, 6) is -0.310. The molecule has 0 bridgehead atoms. The Labute approximate surface area is 160 Å². The van der Waals surface area contributed by atoms with E-state index in [1.165, 1.54) is 0 Å². The van der Waals surface area contributed by atoms with Crippen LogP contribution >= 0.6 is 15.9 Å². The number of aromatic nitrogens is 1. The van der Waals surface area contributed by atoms with E-state index in [1.54, 1.807) is 0 Å². The minimum Gasteiger partial charge on any atom is -0.341 e. The van der Waals surface area contributed by atoms with Gasteiger partial charge in [0.1, 0.15) is 0 Å². The standard InChI is InChI=1S/C21H17BrN2O2/c22-16-8-4-5-9-17(16)23-21(26)15-12-13-24-18(15)10-11-19(24)20(25)14-6-2-1-3-7-14/h1-11,15H,12-13H2,(H,23,26)/t15-/m0/s1. The molecule has 3 aromatic rings. The van der Waals surface area contributed by atoms with Crippen LogP contribution in [-0.2, 0) is 11.3 Å². The molecule has 0 unspecified atom stereocenters. The van der Waals surface area contributed by atoms with Crippen LogP contribution in [0.15, 0.2) is 71.2 Å². The zero-order chi connectivity index (χ0) is 18.1. The Balaban J connectivity index is 1.58. The maximum Gasteiger partial charge on any atom is 0.233 e. The van der Waals surface area contributed by atoms with Crippen LogP contribution in [0.3, 0.4) is 0 Å². The molecule has 0 spiro atoms. The number of rotatable bonds is 4. The van der Waals surface area contributed by atoms with E-state index >= 15 is 0 Å². The lowest BCUT2D eigenvalue weighted by Gasteiger charge is -2.12. The number of amides is 1. The van der Waals surface area contributed by atoms with Crippen molar-refractivity contribution in [3.05, 3.63) is 88.2 Å². The van der Waals surface area contributed by atoms with Crippen LogP contribution in [0.4, 0.5) is 5.69 Å². The van der Waals surface area contributed by atoms with Gasteiger partial charge in [0, 0.05) is 22.3 Å². The van der Waals surface area contributed by atoms with Crippen LogP contribution in [0.1, 0.15) is 34.1 Å². The second kappa shape index (κ2) is 6.92. The molecule has 1 aromatic heterocycles. The first kappa shape index (κ1) is 16.8. The number of fused-ring (bicyclic) bond motifs is 1. The van der Waals surface area contributed by atoms with Gasteiger partial charge in [0.05, 0.1) is 17.3 Å². The second-order valence-corrected chi connectivity index (χ2v) is 7.15. The molecule has 26 heavy (non-hydrogen) atoms. The summed E-state index contributed by atoms with van der Waals surface area (Å²) in [6, 6.07) is 20.5. The number of halogens is 1. The molecular weight excluding hydrogens is 392 g/mol. The molecule has 0 saturated heterocycles. The molecule has 130 valence electrons. The first-order valence-electron chi connectivity index (χ1n) is 8.49. The average molecular weight is 409 g/mol. The fourth-order valence-electron chi connectivity index (χ4n) is 3.43. The van der Waals surface area contributed by atoms with Gasteiger partial charge < -0.3 is 9.88 Å². The van der Waals surface area contributed by atoms with E-state index in [0.717, 1.165) is 15.9 Å². The molecule has 4 nitrogen and oxygen atoms in total. The SMILES string of the molecule is O=C(c1ccccc1)c1ccc2n1CC[C@@H]2C(=O)Nc1ccccc1Br. The van der Waals surface area contributed by atoms with Gasteiger partial charge in [-0.15, -0.1) is 0 Å². The lowest BCUT2D eigenvalue weighted by molar-refractivity contribution is -0.117. The molecule has 1 amide bonds. The number of hydrogen-bond donors (Lipinski definition) is 1. The molecule has 1 aliphatic heterocycles. The monoisotopic (exact) mass is 408 g/mol. The molecule has 1 N–H and O–H groups in total. The van der Waals surface area contributed by atoms with Crippen molar-refractivity contribution in [1.29, 1.82) is 0 Å². The van der Waals surface area contributed by atoms with E-state index in [9.17, 15) is 9.59 Å². The number of carbonyl (C=O) groups is 2. The van der Waals surface area contributed by atoms with Gasteiger partial charge in [-0.3, -0.25) is 9.59 Å². The average Bonchev–Trinajstić information content (AvgIpc) is 3.25. The van der Waals surface area contributed by atoms with E-state index in [2.05, 4.69) is 21.2 Å². The summed E-state index contributed by atoms with van der Waals surface area (Å²) < 4.78 is 2.82. The molecule has 0 fully saturated rings. The molecule has 0 radical (unpaired) electrons. The minimum absolute atomic E-state index is 0.0105. The third-order valence-electron chi connectivity index (χ3n) is 4.73. The predicted molar refractivity (Wildman–Crippen MR) is 104 cm³/mol. The lowest BCUT2D eigenvalue weighted by atomic mass is 10.0. The topological polar surface area (TPSA) is 51.1 Å². The molecule has 2 heterocycles. The van der Waals surface area contributed by atoms with Crippen molar-refractivity contribution in [3.8, 4) is 0 Å². The maximum atomic E-state index is 12.8. The Hall–Kier alpha value is -2.66. The van der Waals surface area contributed by atoms with Crippen molar-refractivity contribution in [2.75, 3.05) is 5.32 Å². The zero-order valence-corrected chi connectivity index (χ0v) is 15.6. The Kier molecular flexibility index (Phi) is 4.47. The van der Waals surface area contributed by atoms with E-state index in [4.69, 9.17) is 0 Å². The third-order valence-corrected chi connectivity index (χ3v) is 5.42. The fraction of sp³-hybridized carbons (Fsp3) is 0.143. The number of nitrogens with zero attached hydrogens (tertiary/aromatic N) is 1. The number of benzene rings is 2. The van der Waals surface area contributed by atoms with E-state index in [0.29, 0.717) is 24.2 Å². The van der Waals surface area contributed by atoms with Gasteiger partial charge in [-0.1, -0.05) is 42.5 Å². The molecule has 4 rings (SSSR count). The van der Waals surface area contributed by atoms with Gasteiger partial charge in [0.2, 0.25) is 11.7 Å². The molecule has 0 aliphatic carbocycles. The molecule has 5 heteroatoms. The van der Waals surface area contributed by atoms with E-state index in [1.807, 2.05) is 71.3 Å². The largest absolute Gasteiger partial charge is 0.341 e. The summed E-state index contributed by atoms with van der Waals surface area (Å²) in [7, 11) is 0.